The minimum Gasteiger partial charge on any atom is -0.488 e. The van der Waals surface area contributed by atoms with Crippen molar-refractivity contribution in [3.05, 3.63) is 104 Å². The summed E-state index contributed by atoms with van der Waals surface area (Å²) in [5.41, 5.74) is 1.93. The molecule has 176 valence electrons. The Morgan fingerprint density at radius 2 is 1.77 bits per heavy atom. The number of halogens is 1. The van der Waals surface area contributed by atoms with Crippen LogP contribution in [0.1, 0.15) is 16.7 Å². The third-order valence-corrected chi connectivity index (χ3v) is 5.76. The van der Waals surface area contributed by atoms with Crippen LogP contribution in [0.2, 0.25) is 0 Å². The lowest BCUT2D eigenvalue weighted by atomic mass is 10.0. The zero-order chi connectivity index (χ0) is 25.1. The first-order valence-corrected chi connectivity index (χ1v) is 11.2. The van der Waals surface area contributed by atoms with Gasteiger partial charge >= 0.3 is 6.03 Å². The second-order valence-corrected chi connectivity index (χ2v) is 8.55. The van der Waals surface area contributed by atoms with Gasteiger partial charge in [-0.05, 0) is 60.5 Å². The molecule has 3 aromatic rings. The average Bonchev–Trinajstić information content (AvgIpc) is 2.82. The molecule has 0 spiro atoms. The van der Waals surface area contributed by atoms with Crippen LogP contribution in [-0.2, 0) is 16.2 Å². The van der Waals surface area contributed by atoms with Gasteiger partial charge in [0, 0.05) is 22.2 Å². The maximum Gasteiger partial charge on any atom is 0.335 e. The summed E-state index contributed by atoms with van der Waals surface area (Å²) in [5.74, 6) is -1.17. The van der Waals surface area contributed by atoms with Gasteiger partial charge in [0.2, 0.25) is 0 Å². The van der Waals surface area contributed by atoms with E-state index in [1.165, 1.54) is 18.2 Å². The molecule has 1 fully saturated rings. The highest BCUT2D eigenvalue weighted by atomic mass is 79.9. The van der Waals surface area contributed by atoms with Crippen LogP contribution < -0.4 is 15.0 Å². The molecule has 0 radical (unpaired) electrons. The summed E-state index contributed by atoms with van der Waals surface area (Å²) < 4.78 is 6.64. The van der Waals surface area contributed by atoms with E-state index in [0.29, 0.717) is 28.1 Å². The third kappa shape index (κ3) is 5.12. The molecular formula is C25H18BrN3O6. The number of nitro benzene ring substituents is 1. The quantitative estimate of drug-likeness (QED) is 0.207. The number of nitro groups is 1. The molecule has 1 saturated heterocycles. The van der Waals surface area contributed by atoms with Crippen LogP contribution in [0.5, 0.6) is 5.75 Å². The van der Waals surface area contributed by atoms with Gasteiger partial charge in [-0.25, -0.2) is 9.69 Å². The number of carbonyl (C=O) groups excluding carboxylic acids is 3. The van der Waals surface area contributed by atoms with Crippen molar-refractivity contribution >= 4 is 51.2 Å². The zero-order valence-electron chi connectivity index (χ0n) is 18.4. The first kappa shape index (κ1) is 23.8. The molecule has 10 heteroatoms. The number of benzene rings is 3. The van der Waals surface area contributed by atoms with Crippen molar-refractivity contribution in [2.75, 3.05) is 4.90 Å². The Balaban J connectivity index is 1.62. The predicted molar refractivity (Wildman–Crippen MR) is 132 cm³/mol. The molecule has 0 aromatic heterocycles. The van der Waals surface area contributed by atoms with E-state index in [2.05, 4.69) is 21.2 Å². The van der Waals surface area contributed by atoms with Crippen molar-refractivity contribution < 1.29 is 24.0 Å². The van der Waals surface area contributed by atoms with Crippen molar-refractivity contribution in [2.24, 2.45) is 0 Å². The fourth-order valence-corrected chi connectivity index (χ4v) is 3.98. The number of anilines is 1. The lowest BCUT2D eigenvalue weighted by Crippen LogP contribution is -2.54. The van der Waals surface area contributed by atoms with Gasteiger partial charge in [-0.15, -0.1) is 0 Å². The van der Waals surface area contributed by atoms with Gasteiger partial charge in [0.15, 0.2) is 0 Å². The van der Waals surface area contributed by atoms with Gasteiger partial charge < -0.3 is 4.74 Å². The van der Waals surface area contributed by atoms with Crippen LogP contribution >= 0.6 is 15.9 Å². The lowest BCUT2D eigenvalue weighted by molar-refractivity contribution is -0.384. The molecule has 1 N–H and O–H groups in total. The summed E-state index contributed by atoms with van der Waals surface area (Å²) in [5, 5.41) is 13.0. The number of nitrogens with one attached hydrogen (secondary N) is 1. The summed E-state index contributed by atoms with van der Waals surface area (Å²) in [6.45, 7) is 1.86. The van der Waals surface area contributed by atoms with E-state index in [1.807, 2.05) is 0 Å². The topological polar surface area (TPSA) is 119 Å². The molecule has 35 heavy (non-hydrogen) atoms. The molecule has 0 atom stereocenters. The van der Waals surface area contributed by atoms with E-state index in [9.17, 15) is 24.5 Å². The highest BCUT2D eigenvalue weighted by Gasteiger charge is 2.37. The first-order valence-electron chi connectivity index (χ1n) is 10.4. The standard InChI is InChI=1S/C25H18BrN3O6/c1-15-12-18(26)8-11-21(15)28-24(31)20(23(30)27-25(28)32)13-17-4-2-3-5-22(17)35-14-16-6-9-19(10-7-16)29(33)34/h2-13H,14H2,1H3,(H,27,30,32)/b20-13-. The highest BCUT2D eigenvalue weighted by Crippen LogP contribution is 2.29. The molecule has 9 nitrogen and oxygen atoms in total. The van der Waals surface area contributed by atoms with Gasteiger partial charge in [-0.3, -0.25) is 25.0 Å². The van der Waals surface area contributed by atoms with Crippen molar-refractivity contribution in [1.82, 2.24) is 5.32 Å². The molecule has 4 rings (SSSR count). The van der Waals surface area contributed by atoms with Gasteiger partial charge in [-0.1, -0.05) is 34.1 Å². The van der Waals surface area contributed by atoms with Crippen LogP contribution in [0.3, 0.4) is 0 Å². The van der Waals surface area contributed by atoms with Crippen molar-refractivity contribution in [1.29, 1.82) is 0 Å². The molecule has 1 aliphatic rings. The van der Waals surface area contributed by atoms with E-state index in [4.69, 9.17) is 4.74 Å². The fourth-order valence-electron chi connectivity index (χ4n) is 3.51. The van der Waals surface area contributed by atoms with Crippen LogP contribution in [0, 0.1) is 17.0 Å². The van der Waals surface area contributed by atoms with E-state index in [0.717, 1.165) is 9.37 Å². The number of carbonyl (C=O) groups is 3. The number of urea groups is 1. The summed E-state index contributed by atoms with van der Waals surface area (Å²) in [4.78, 5) is 49.6. The Morgan fingerprint density at radius 3 is 2.46 bits per heavy atom. The van der Waals surface area contributed by atoms with Crippen LogP contribution in [0.25, 0.3) is 6.08 Å². The Bertz CT molecular complexity index is 1380. The third-order valence-electron chi connectivity index (χ3n) is 5.26. The van der Waals surface area contributed by atoms with Crippen LogP contribution in [0.15, 0.2) is 76.8 Å². The molecule has 0 saturated carbocycles. The molecule has 0 aliphatic carbocycles. The van der Waals surface area contributed by atoms with E-state index < -0.39 is 22.8 Å². The Morgan fingerprint density at radius 1 is 1.06 bits per heavy atom. The Kier molecular flexibility index (Phi) is 6.74. The van der Waals surface area contributed by atoms with Crippen LogP contribution in [0.4, 0.5) is 16.2 Å². The largest absolute Gasteiger partial charge is 0.488 e. The van der Waals surface area contributed by atoms with Crippen molar-refractivity contribution in [3.8, 4) is 5.75 Å². The summed E-state index contributed by atoms with van der Waals surface area (Å²) in [6.07, 6.45) is 1.37. The number of rotatable bonds is 6. The van der Waals surface area contributed by atoms with Crippen molar-refractivity contribution in [2.45, 2.75) is 13.5 Å². The summed E-state index contributed by atoms with van der Waals surface area (Å²) in [7, 11) is 0. The number of hydrogen-bond acceptors (Lipinski definition) is 6. The molecular weight excluding hydrogens is 518 g/mol. The molecule has 3 aromatic carbocycles. The average molecular weight is 536 g/mol. The number of para-hydroxylation sites is 1. The smallest absolute Gasteiger partial charge is 0.335 e. The Hall–Kier alpha value is -4.31. The minimum absolute atomic E-state index is 0.0270. The van der Waals surface area contributed by atoms with E-state index in [1.54, 1.807) is 61.5 Å². The fraction of sp³-hybridized carbons (Fsp3) is 0.0800. The minimum atomic E-state index is -0.828. The van der Waals surface area contributed by atoms with Gasteiger partial charge in [0.1, 0.15) is 17.9 Å². The predicted octanol–water partition coefficient (Wildman–Crippen LogP) is 4.91. The van der Waals surface area contributed by atoms with Gasteiger partial charge in [0.05, 0.1) is 10.6 Å². The highest BCUT2D eigenvalue weighted by molar-refractivity contribution is 9.10. The number of aryl methyl sites for hydroxylation is 1. The van der Waals surface area contributed by atoms with Crippen LogP contribution in [-0.4, -0.2) is 22.8 Å². The molecule has 1 aliphatic heterocycles. The molecule has 0 unspecified atom stereocenters. The number of ether oxygens (including phenoxy) is 1. The number of hydrogen-bond donors (Lipinski definition) is 1. The van der Waals surface area contributed by atoms with Gasteiger partial charge in [-0.2, -0.15) is 0 Å². The SMILES string of the molecule is Cc1cc(Br)ccc1N1C(=O)NC(=O)/C(=C/c2ccccc2OCc2ccc([N+](=O)[O-])cc2)C1=O. The maximum absolute atomic E-state index is 13.2. The molecule has 1 heterocycles. The van der Waals surface area contributed by atoms with E-state index in [-0.39, 0.29) is 17.9 Å². The first-order chi connectivity index (χ1) is 16.7. The number of barbiturate groups is 1. The molecule has 4 amide bonds. The normalized spacial score (nSPS) is 14.7. The second-order valence-electron chi connectivity index (χ2n) is 7.64. The summed E-state index contributed by atoms with van der Waals surface area (Å²) >= 11 is 3.35. The van der Waals surface area contributed by atoms with Gasteiger partial charge in [0.25, 0.3) is 17.5 Å². The number of non-ortho nitro benzene ring substituents is 1. The number of imide groups is 2. The lowest BCUT2D eigenvalue weighted by Gasteiger charge is -2.27. The van der Waals surface area contributed by atoms with Crippen molar-refractivity contribution in [3.63, 3.8) is 0 Å². The maximum atomic E-state index is 13.2. The second kappa shape index (κ2) is 9.90. The molecule has 0 bridgehead atoms. The summed E-state index contributed by atoms with van der Waals surface area (Å²) in [6, 6.07) is 17.0. The Labute approximate surface area is 208 Å². The zero-order valence-corrected chi connectivity index (χ0v) is 19.9. The number of amides is 4. The monoisotopic (exact) mass is 535 g/mol. The van der Waals surface area contributed by atoms with E-state index >= 15 is 0 Å². The number of nitrogens with zero attached hydrogens (tertiary/aromatic N) is 2.